The maximum atomic E-state index is 12.8. The molecule has 0 radical (unpaired) electrons. The second-order valence-electron chi connectivity index (χ2n) is 9.61. The Kier molecular flexibility index (Phi) is 8.97. The van der Waals surface area contributed by atoms with Gasteiger partial charge in [-0.2, -0.15) is 20.4 Å². The summed E-state index contributed by atoms with van der Waals surface area (Å²) in [5.74, 6) is -2.98. The van der Waals surface area contributed by atoms with E-state index in [9.17, 15) is 42.7 Å². The number of nitrogens with one attached hydrogen (secondary N) is 2. The molecule has 0 fully saturated rings. The summed E-state index contributed by atoms with van der Waals surface area (Å²) in [6.45, 7) is 0. The van der Waals surface area contributed by atoms with E-state index >= 15 is 0 Å². The van der Waals surface area contributed by atoms with Crippen molar-refractivity contribution in [2.45, 2.75) is 4.90 Å². The minimum Gasteiger partial charge on any atom is -0.872 e. The van der Waals surface area contributed by atoms with Gasteiger partial charge in [-0.1, -0.05) is 47.9 Å². The number of carboxylic acids is 1. The summed E-state index contributed by atoms with van der Waals surface area (Å²) in [7, 11) is -4.84. The number of aromatic carboxylic acids is 1. The maximum Gasteiger partial charge on any atom is 0.237 e. The van der Waals surface area contributed by atoms with Crippen molar-refractivity contribution in [2.75, 3.05) is 10.9 Å². The highest BCUT2D eigenvalue weighted by molar-refractivity contribution is 7.85. The Balaban J connectivity index is 1.30. The molecular weight excluding hydrogens is 632 g/mol. The Hall–Kier alpha value is -6.52. The molecule has 15 nitrogen and oxygen atoms in total. The van der Waals surface area contributed by atoms with Crippen LogP contribution in [0.5, 0.6) is 11.5 Å². The second-order valence-corrected chi connectivity index (χ2v) is 11.0. The molecule has 0 amide bonds. The van der Waals surface area contributed by atoms with Crippen LogP contribution >= 0.6 is 0 Å². The van der Waals surface area contributed by atoms with Crippen molar-refractivity contribution in [2.24, 2.45) is 20.4 Å². The van der Waals surface area contributed by atoms with Crippen molar-refractivity contribution in [3.8, 4) is 22.6 Å². The van der Waals surface area contributed by atoms with Crippen LogP contribution in [-0.2, 0) is 10.1 Å². The lowest BCUT2D eigenvalue weighted by Crippen LogP contribution is -2.47. The molecule has 5 aromatic carbocycles. The zero-order valence-corrected chi connectivity index (χ0v) is 24.4. The first-order valence-corrected chi connectivity index (χ1v) is 14.7. The minimum absolute atomic E-state index is 0.173. The third-order valence-corrected chi connectivity index (χ3v) is 7.29. The molecule has 16 heteroatoms. The van der Waals surface area contributed by atoms with Crippen LogP contribution in [0.25, 0.3) is 11.1 Å². The van der Waals surface area contributed by atoms with E-state index in [1.165, 1.54) is 6.07 Å². The molecule has 0 bridgehead atoms. The predicted octanol–water partition coefficient (Wildman–Crippen LogP) is 0.635. The Morgan fingerprint density at radius 3 is 1.96 bits per heavy atom. The molecule has 0 atom stereocenters. The number of carbonyl (C=O) groups is 1. The van der Waals surface area contributed by atoms with Crippen LogP contribution in [0.15, 0.2) is 132 Å². The average molecular weight is 651 g/mol. The Morgan fingerprint density at radius 1 is 0.681 bits per heavy atom. The quantitative estimate of drug-likeness (QED) is 0.127. The van der Waals surface area contributed by atoms with Crippen LogP contribution in [-0.4, -0.2) is 18.9 Å². The van der Waals surface area contributed by atoms with E-state index in [1.54, 1.807) is 48.5 Å². The molecule has 5 rings (SSSR count). The number of anilines is 2. The largest absolute Gasteiger partial charge is 0.872 e. The summed E-state index contributed by atoms with van der Waals surface area (Å²) < 4.78 is 33.7. The maximum absolute atomic E-state index is 12.8. The zero-order chi connectivity index (χ0) is 33.7. The van der Waals surface area contributed by atoms with Crippen molar-refractivity contribution in [3.05, 3.63) is 134 Å². The SMILES string of the molecule is O=C([O-])c1cc(N=Nc2ccc(-c3ccc(NN=c4c(=O)ccc(=NNc5cc(S(=O)(=O)[O-])ccc5[O-])c4=O)cc3)cc2)ccc1[O-]. The van der Waals surface area contributed by atoms with Crippen molar-refractivity contribution < 1.29 is 33.1 Å². The highest BCUT2D eigenvalue weighted by Crippen LogP contribution is 2.27. The number of benzene rings is 5. The predicted molar refractivity (Wildman–Crippen MR) is 160 cm³/mol. The van der Waals surface area contributed by atoms with E-state index in [-0.39, 0.29) is 16.7 Å². The van der Waals surface area contributed by atoms with E-state index in [0.717, 1.165) is 53.6 Å². The highest BCUT2D eigenvalue weighted by Gasteiger charge is 2.05. The average Bonchev–Trinajstić information content (AvgIpc) is 3.04. The van der Waals surface area contributed by atoms with Gasteiger partial charge in [0, 0.05) is 5.69 Å². The molecule has 2 N–H and O–H groups in total. The van der Waals surface area contributed by atoms with E-state index in [0.29, 0.717) is 11.4 Å². The molecule has 0 unspecified atom stereocenters. The van der Waals surface area contributed by atoms with Crippen molar-refractivity contribution in [3.63, 3.8) is 0 Å². The first-order valence-electron chi connectivity index (χ1n) is 13.2. The Labute approximate surface area is 264 Å². The topological polar surface area (TPSA) is 251 Å². The van der Waals surface area contributed by atoms with Gasteiger partial charge in [0.25, 0.3) is 0 Å². The summed E-state index contributed by atoms with van der Waals surface area (Å²) in [4.78, 5) is 35.6. The van der Waals surface area contributed by atoms with E-state index in [4.69, 9.17) is 0 Å². The fourth-order valence-electron chi connectivity index (χ4n) is 4.04. The molecule has 0 aromatic heterocycles. The fraction of sp³-hybridized carbons (Fsp3) is 0. The number of azo groups is 1. The summed E-state index contributed by atoms with van der Waals surface area (Å²) >= 11 is 0. The molecule has 0 saturated carbocycles. The third-order valence-electron chi connectivity index (χ3n) is 6.46. The van der Waals surface area contributed by atoms with Crippen LogP contribution in [0.4, 0.5) is 22.7 Å². The molecular formula is C31H18N6O9S-4. The van der Waals surface area contributed by atoms with E-state index < -0.39 is 54.3 Å². The van der Waals surface area contributed by atoms with Crippen LogP contribution < -0.4 is 47.7 Å². The van der Waals surface area contributed by atoms with Gasteiger partial charge in [-0.3, -0.25) is 20.4 Å². The first kappa shape index (κ1) is 31.9. The monoisotopic (exact) mass is 650 g/mol. The minimum atomic E-state index is -4.84. The first-order chi connectivity index (χ1) is 22.4. The molecule has 47 heavy (non-hydrogen) atoms. The number of nitrogens with zero attached hydrogens (tertiary/aromatic N) is 4. The van der Waals surface area contributed by atoms with E-state index in [1.807, 2.05) is 0 Å². The Bertz CT molecular complexity index is 2370. The summed E-state index contributed by atoms with van der Waals surface area (Å²) in [6.07, 6.45) is 0. The van der Waals surface area contributed by atoms with Crippen LogP contribution in [0.1, 0.15) is 10.4 Å². The van der Waals surface area contributed by atoms with Gasteiger partial charge >= 0.3 is 0 Å². The third kappa shape index (κ3) is 7.59. The number of carboxylic acid groups (broad SMARTS) is 1. The van der Waals surface area contributed by atoms with Crippen LogP contribution in [0.2, 0.25) is 0 Å². The van der Waals surface area contributed by atoms with Crippen molar-refractivity contribution >= 4 is 38.8 Å². The van der Waals surface area contributed by atoms with Crippen molar-refractivity contribution in [1.82, 2.24) is 0 Å². The van der Waals surface area contributed by atoms with Gasteiger partial charge in [-0.15, -0.1) is 0 Å². The molecule has 0 aliphatic rings. The molecule has 0 aliphatic carbocycles. The van der Waals surface area contributed by atoms with Gasteiger partial charge in [-0.25, -0.2) is 8.42 Å². The fourth-order valence-corrected chi connectivity index (χ4v) is 4.54. The number of rotatable bonds is 9. The van der Waals surface area contributed by atoms with Crippen molar-refractivity contribution in [1.29, 1.82) is 0 Å². The standard InChI is InChI=1S/C31H22N6O9S/c38-26-12-9-21(15-23(26)31(42)43)34-32-19-5-1-17(2-6-19)18-3-7-20(8-4-18)33-37-29-28(40)14-11-24(30(29)41)35-36-25-16-22(47(44,45)46)10-13-27(25)39/h1-16,33,36,38-39H,(H,42,43)(H,44,45,46)/p-4. The number of hydrogen-bond donors (Lipinski definition) is 2. The zero-order valence-electron chi connectivity index (χ0n) is 23.6. The summed E-state index contributed by atoms with van der Waals surface area (Å²) in [5, 5.41) is 49.5. The smallest absolute Gasteiger partial charge is 0.237 e. The Morgan fingerprint density at radius 2 is 1.30 bits per heavy atom. The molecule has 0 spiro atoms. The van der Waals surface area contributed by atoms with Gasteiger partial charge < -0.3 is 24.7 Å². The summed E-state index contributed by atoms with van der Waals surface area (Å²) in [5.41, 5.74) is 5.11. The number of carbonyl (C=O) groups excluding carboxylic acids is 1. The lowest BCUT2D eigenvalue weighted by Gasteiger charge is -2.15. The normalized spacial score (nSPS) is 12.4. The van der Waals surface area contributed by atoms with Gasteiger partial charge in [0.15, 0.2) is 5.36 Å². The lowest BCUT2D eigenvalue weighted by molar-refractivity contribution is -0.276. The lowest BCUT2D eigenvalue weighted by atomic mass is 10.1. The molecule has 0 aliphatic heterocycles. The van der Waals surface area contributed by atoms with Gasteiger partial charge in [0.05, 0.1) is 27.9 Å². The van der Waals surface area contributed by atoms with Crippen LogP contribution in [0, 0.1) is 0 Å². The summed E-state index contributed by atoms with van der Waals surface area (Å²) in [6, 6.07) is 21.8. The molecule has 0 heterocycles. The van der Waals surface area contributed by atoms with Gasteiger partial charge in [0.1, 0.15) is 15.5 Å². The molecule has 236 valence electrons. The van der Waals surface area contributed by atoms with Gasteiger partial charge in [-0.05, 0) is 77.4 Å². The highest BCUT2D eigenvalue weighted by atomic mass is 32.2. The number of hydrogen-bond acceptors (Lipinski definition) is 15. The second kappa shape index (κ2) is 13.2. The van der Waals surface area contributed by atoms with Crippen LogP contribution in [0.3, 0.4) is 0 Å². The van der Waals surface area contributed by atoms with Gasteiger partial charge in [0.2, 0.25) is 10.9 Å². The molecule has 0 saturated heterocycles. The molecule has 5 aromatic rings. The van der Waals surface area contributed by atoms with E-state index in [2.05, 4.69) is 31.3 Å².